The molecule has 0 radical (unpaired) electrons. The predicted molar refractivity (Wildman–Crippen MR) is 107 cm³/mol. The van der Waals surface area contributed by atoms with E-state index in [-0.39, 0.29) is 10.9 Å². The van der Waals surface area contributed by atoms with Crippen LogP contribution in [-0.2, 0) is 6.54 Å². The molecule has 0 aliphatic carbocycles. The molecule has 7 nitrogen and oxygen atoms in total. The van der Waals surface area contributed by atoms with Gasteiger partial charge in [-0.25, -0.2) is 9.89 Å². The Labute approximate surface area is 165 Å². The van der Waals surface area contributed by atoms with Crippen molar-refractivity contribution < 1.29 is 4.42 Å². The monoisotopic (exact) mass is 393 g/mol. The predicted octanol–water partition coefficient (Wildman–Crippen LogP) is 3.83. The average Bonchev–Trinajstić information content (AvgIpc) is 3.32. The van der Waals surface area contributed by atoms with Crippen LogP contribution in [0.15, 0.2) is 69.0 Å². The Bertz CT molecular complexity index is 1130. The first-order chi connectivity index (χ1) is 13.6. The molecular formula is C20H19N5O2S. The van der Waals surface area contributed by atoms with Gasteiger partial charge in [-0.15, -0.1) is 15.3 Å². The van der Waals surface area contributed by atoms with Gasteiger partial charge in [-0.1, -0.05) is 59.8 Å². The molecule has 2 aromatic carbocycles. The summed E-state index contributed by atoms with van der Waals surface area (Å²) in [6.45, 7) is 4.41. The van der Waals surface area contributed by atoms with Gasteiger partial charge in [-0.3, -0.25) is 4.57 Å². The average molecular weight is 393 g/mol. The van der Waals surface area contributed by atoms with Crippen LogP contribution in [0.4, 0.5) is 0 Å². The lowest BCUT2D eigenvalue weighted by molar-refractivity contribution is 0.508. The third kappa shape index (κ3) is 3.91. The molecule has 0 fully saturated rings. The van der Waals surface area contributed by atoms with Gasteiger partial charge in [0.25, 0.3) is 0 Å². The van der Waals surface area contributed by atoms with E-state index in [1.165, 1.54) is 11.8 Å². The fraction of sp³-hybridized carbons (Fsp3) is 0.200. The summed E-state index contributed by atoms with van der Waals surface area (Å²) in [6.07, 6.45) is 0. The molecule has 0 bridgehead atoms. The summed E-state index contributed by atoms with van der Waals surface area (Å²) < 4.78 is 7.46. The molecule has 0 aliphatic heterocycles. The number of nitrogens with one attached hydrogen (secondary N) is 1. The summed E-state index contributed by atoms with van der Waals surface area (Å²) in [4.78, 5) is 12.2. The molecule has 28 heavy (non-hydrogen) atoms. The van der Waals surface area contributed by atoms with Crippen LogP contribution >= 0.6 is 11.8 Å². The van der Waals surface area contributed by atoms with Crippen molar-refractivity contribution in [2.24, 2.45) is 0 Å². The highest BCUT2D eigenvalue weighted by Crippen LogP contribution is 2.33. The van der Waals surface area contributed by atoms with Crippen LogP contribution in [0.25, 0.3) is 11.5 Å². The van der Waals surface area contributed by atoms with E-state index < -0.39 is 0 Å². The zero-order chi connectivity index (χ0) is 19.5. The molecule has 1 N–H and O–H groups in total. The Morgan fingerprint density at radius 3 is 2.75 bits per heavy atom. The summed E-state index contributed by atoms with van der Waals surface area (Å²) in [5.41, 5.74) is 2.79. The number of benzene rings is 2. The first kappa shape index (κ1) is 18.2. The normalized spacial score (nSPS) is 12.2. The second-order valence-corrected chi connectivity index (χ2v) is 7.77. The van der Waals surface area contributed by atoms with E-state index in [1.807, 2.05) is 68.4 Å². The van der Waals surface area contributed by atoms with Crippen LogP contribution < -0.4 is 5.69 Å². The quantitative estimate of drug-likeness (QED) is 0.501. The SMILES string of the molecule is Cc1cccc(-c2nnc([C@H](C)Sc3n[nH]c(=O)n3Cc3ccccc3)o2)c1. The zero-order valence-electron chi connectivity index (χ0n) is 15.5. The zero-order valence-corrected chi connectivity index (χ0v) is 16.3. The van der Waals surface area contributed by atoms with Crippen molar-refractivity contribution in [1.29, 1.82) is 0 Å². The van der Waals surface area contributed by atoms with Crippen molar-refractivity contribution in [1.82, 2.24) is 25.0 Å². The Hall–Kier alpha value is -3.13. The second-order valence-electron chi connectivity index (χ2n) is 6.46. The molecule has 0 saturated heterocycles. The molecule has 0 aliphatic rings. The minimum absolute atomic E-state index is 0.157. The number of rotatable bonds is 6. The fourth-order valence-corrected chi connectivity index (χ4v) is 3.69. The summed E-state index contributed by atoms with van der Waals surface area (Å²) in [5, 5.41) is 15.4. The first-order valence-corrected chi connectivity index (χ1v) is 9.74. The van der Waals surface area contributed by atoms with Crippen molar-refractivity contribution in [3.63, 3.8) is 0 Å². The van der Waals surface area contributed by atoms with E-state index in [4.69, 9.17) is 4.42 Å². The van der Waals surface area contributed by atoms with E-state index in [9.17, 15) is 4.79 Å². The highest BCUT2D eigenvalue weighted by atomic mass is 32.2. The number of thioether (sulfide) groups is 1. The van der Waals surface area contributed by atoms with Gasteiger partial charge in [-0.2, -0.15) is 0 Å². The number of H-pyrrole nitrogens is 1. The molecule has 0 spiro atoms. The van der Waals surface area contributed by atoms with Crippen LogP contribution in [0, 0.1) is 6.92 Å². The van der Waals surface area contributed by atoms with Gasteiger partial charge in [0.1, 0.15) is 0 Å². The van der Waals surface area contributed by atoms with Gasteiger partial charge in [0.2, 0.25) is 11.8 Å². The molecule has 142 valence electrons. The molecule has 4 rings (SSSR count). The van der Waals surface area contributed by atoms with E-state index in [0.717, 1.165) is 16.7 Å². The molecule has 4 aromatic rings. The van der Waals surface area contributed by atoms with Gasteiger partial charge < -0.3 is 4.42 Å². The van der Waals surface area contributed by atoms with E-state index in [0.29, 0.717) is 23.5 Å². The lowest BCUT2D eigenvalue weighted by Gasteiger charge is -2.08. The van der Waals surface area contributed by atoms with Gasteiger partial charge >= 0.3 is 5.69 Å². The number of aromatic amines is 1. The Kier molecular flexibility index (Phi) is 5.12. The van der Waals surface area contributed by atoms with E-state index in [2.05, 4.69) is 20.4 Å². The van der Waals surface area contributed by atoms with Crippen molar-refractivity contribution in [3.05, 3.63) is 82.1 Å². The molecule has 0 unspecified atom stereocenters. The molecule has 1 atom stereocenters. The van der Waals surface area contributed by atoms with Crippen molar-refractivity contribution in [2.75, 3.05) is 0 Å². The largest absolute Gasteiger partial charge is 0.419 e. The van der Waals surface area contributed by atoms with E-state index in [1.54, 1.807) is 4.57 Å². The van der Waals surface area contributed by atoms with Crippen molar-refractivity contribution in [2.45, 2.75) is 30.8 Å². The summed E-state index contributed by atoms with van der Waals surface area (Å²) >= 11 is 1.40. The summed E-state index contributed by atoms with van der Waals surface area (Å²) in [5.74, 6) is 0.970. The maximum atomic E-state index is 12.2. The van der Waals surface area contributed by atoms with Gasteiger partial charge in [-0.05, 0) is 31.5 Å². The number of aromatic nitrogens is 5. The number of aryl methyl sites for hydroxylation is 1. The van der Waals surface area contributed by atoms with Crippen LogP contribution in [-0.4, -0.2) is 25.0 Å². The summed E-state index contributed by atoms with van der Waals surface area (Å²) in [7, 11) is 0. The summed E-state index contributed by atoms with van der Waals surface area (Å²) in [6, 6.07) is 17.7. The third-order valence-corrected chi connectivity index (χ3v) is 5.32. The number of hydrogen-bond acceptors (Lipinski definition) is 6. The first-order valence-electron chi connectivity index (χ1n) is 8.86. The molecule has 2 heterocycles. The Morgan fingerprint density at radius 1 is 1.14 bits per heavy atom. The van der Waals surface area contributed by atoms with E-state index >= 15 is 0 Å². The Balaban J connectivity index is 1.53. The van der Waals surface area contributed by atoms with Crippen molar-refractivity contribution >= 4 is 11.8 Å². The smallest absolute Gasteiger partial charge is 0.344 e. The number of hydrogen-bond donors (Lipinski definition) is 1. The maximum Gasteiger partial charge on any atom is 0.344 e. The highest BCUT2D eigenvalue weighted by Gasteiger charge is 2.20. The molecule has 0 amide bonds. The Morgan fingerprint density at radius 2 is 1.96 bits per heavy atom. The van der Waals surface area contributed by atoms with Crippen LogP contribution in [0.5, 0.6) is 0 Å². The van der Waals surface area contributed by atoms with Crippen LogP contribution in [0.2, 0.25) is 0 Å². The lowest BCUT2D eigenvalue weighted by atomic mass is 10.1. The maximum absolute atomic E-state index is 12.2. The van der Waals surface area contributed by atoms with Crippen LogP contribution in [0.3, 0.4) is 0 Å². The molecule has 2 aromatic heterocycles. The fourth-order valence-electron chi connectivity index (χ4n) is 2.80. The van der Waals surface area contributed by atoms with Gasteiger partial charge in [0.15, 0.2) is 5.16 Å². The second kappa shape index (κ2) is 7.85. The van der Waals surface area contributed by atoms with Gasteiger partial charge in [0, 0.05) is 5.56 Å². The number of nitrogens with zero attached hydrogens (tertiary/aromatic N) is 4. The third-order valence-electron chi connectivity index (χ3n) is 4.24. The van der Waals surface area contributed by atoms with Gasteiger partial charge in [0.05, 0.1) is 11.8 Å². The van der Waals surface area contributed by atoms with Crippen LogP contribution in [0.1, 0.15) is 29.2 Å². The highest BCUT2D eigenvalue weighted by molar-refractivity contribution is 7.99. The molecule has 8 heteroatoms. The minimum atomic E-state index is -0.246. The minimum Gasteiger partial charge on any atom is -0.419 e. The standard InChI is InChI=1S/C20H19N5O2S/c1-13-7-6-10-16(11-13)18-22-21-17(27-18)14(2)28-20-24-23-19(26)25(20)12-15-8-4-3-5-9-15/h3-11,14H,12H2,1-2H3,(H,23,26)/t14-/m0/s1. The lowest BCUT2D eigenvalue weighted by Crippen LogP contribution is -2.18. The molecular weight excluding hydrogens is 374 g/mol. The van der Waals surface area contributed by atoms with Crippen molar-refractivity contribution in [3.8, 4) is 11.5 Å². The molecule has 0 saturated carbocycles. The topological polar surface area (TPSA) is 89.6 Å².